The van der Waals surface area contributed by atoms with Crippen molar-refractivity contribution < 1.29 is 14.3 Å². The predicted molar refractivity (Wildman–Crippen MR) is 98.4 cm³/mol. The number of carbonyl (C=O) groups is 1. The number of allylic oxidation sites excluding steroid dienone is 1. The molecule has 1 atom stereocenters. The maximum absolute atomic E-state index is 11.2. The molecule has 1 aromatic carbocycles. The first-order valence-electron chi connectivity index (χ1n) is 8.28. The van der Waals surface area contributed by atoms with Crippen LogP contribution in [0.1, 0.15) is 18.4 Å². The number of ether oxygens (including phenoxy) is 2. The van der Waals surface area contributed by atoms with Gasteiger partial charge in [0.05, 0.1) is 12.7 Å². The molecule has 0 aliphatic carbocycles. The number of nitrogens with two attached hydrogens (primary N) is 1. The summed E-state index contributed by atoms with van der Waals surface area (Å²) in [4.78, 5) is 15.4. The molecule has 1 amide bonds. The normalized spacial score (nSPS) is 17.3. The summed E-state index contributed by atoms with van der Waals surface area (Å²) in [5.74, 6) is 1.80. The highest BCUT2D eigenvalue weighted by molar-refractivity contribution is 5.81. The van der Waals surface area contributed by atoms with Crippen LogP contribution in [0.2, 0.25) is 0 Å². The minimum absolute atomic E-state index is 0.0565. The lowest BCUT2D eigenvalue weighted by Gasteiger charge is -2.22. The number of hydrogen-bond donors (Lipinski definition) is 3. The first-order valence-corrected chi connectivity index (χ1v) is 8.28. The molecule has 0 spiro atoms. The molecular weight excluding hydrogens is 332 g/mol. The van der Waals surface area contributed by atoms with E-state index in [-0.39, 0.29) is 12.0 Å². The number of carbonyl (C=O) groups excluding carboxylic acids is 1. The molecule has 2 aromatic rings. The van der Waals surface area contributed by atoms with E-state index in [9.17, 15) is 4.79 Å². The van der Waals surface area contributed by atoms with Gasteiger partial charge in [0.2, 0.25) is 11.8 Å². The van der Waals surface area contributed by atoms with E-state index in [0.717, 1.165) is 11.8 Å². The molecule has 1 aliphatic heterocycles. The smallest absolute Gasteiger partial charge is 0.220 e. The maximum Gasteiger partial charge on any atom is 0.220 e. The second-order valence-corrected chi connectivity index (χ2v) is 5.83. The largest absolute Gasteiger partial charge is 0.472 e. The van der Waals surface area contributed by atoms with Gasteiger partial charge in [0.1, 0.15) is 17.6 Å². The Morgan fingerprint density at radius 1 is 1.23 bits per heavy atom. The Morgan fingerprint density at radius 3 is 2.62 bits per heavy atom. The lowest BCUT2D eigenvalue weighted by molar-refractivity contribution is -0.123. The molecule has 26 heavy (non-hydrogen) atoms. The van der Waals surface area contributed by atoms with Crippen molar-refractivity contribution in [1.29, 1.82) is 5.41 Å². The van der Waals surface area contributed by atoms with Crippen LogP contribution in [0.4, 0.5) is 0 Å². The topological polar surface area (TPSA) is 110 Å². The van der Waals surface area contributed by atoms with E-state index >= 15 is 0 Å². The van der Waals surface area contributed by atoms with Gasteiger partial charge in [0, 0.05) is 24.4 Å². The van der Waals surface area contributed by atoms with Gasteiger partial charge in [0.25, 0.3) is 0 Å². The Balaban J connectivity index is 1.58. The third-order valence-electron chi connectivity index (χ3n) is 3.90. The number of pyridine rings is 1. The first-order chi connectivity index (χ1) is 12.6. The molecule has 1 unspecified atom stereocenters. The molecular formula is C19H20N4O3. The molecule has 0 radical (unpaired) electrons. The summed E-state index contributed by atoms with van der Waals surface area (Å²) in [5.41, 5.74) is 7.17. The lowest BCUT2D eigenvalue weighted by atomic mass is 10.1. The van der Waals surface area contributed by atoms with Crippen molar-refractivity contribution in [3.8, 4) is 17.4 Å². The minimum atomic E-state index is -0.0565. The number of piperidine rings is 1. The van der Waals surface area contributed by atoms with Gasteiger partial charge >= 0.3 is 0 Å². The molecule has 0 saturated carbocycles. The molecule has 2 heterocycles. The Labute approximate surface area is 151 Å². The fourth-order valence-electron chi connectivity index (χ4n) is 2.52. The summed E-state index contributed by atoms with van der Waals surface area (Å²) in [6, 6.07) is 10.8. The second kappa shape index (κ2) is 8.15. The molecule has 0 bridgehead atoms. The number of amides is 1. The van der Waals surface area contributed by atoms with Crippen LogP contribution in [0.3, 0.4) is 0 Å². The van der Waals surface area contributed by atoms with Gasteiger partial charge in [-0.15, -0.1) is 0 Å². The summed E-state index contributed by atoms with van der Waals surface area (Å²) in [7, 11) is 0. The average Bonchev–Trinajstić information content (AvgIpc) is 2.66. The quantitative estimate of drug-likeness (QED) is 0.692. The SMILES string of the molecule is N=C/C=C(\N)c1ccc(Oc2ccc(OC3CCC(=O)NC3)nc2)cc1. The third-order valence-corrected chi connectivity index (χ3v) is 3.90. The van der Waals surface area contributed by atoms with Crippen LogP contribution in [-0.4, -0.2) is 29.8 Å². The van der Waals surface area contributed by atoms with Gasteiger partial charge in [-0.25, -0.2) is 4.98 Å². The summed E-state index contributed by atoms with van der Waals surface area (Å²) in [5, 5.41) is 9.81. The summed E-state index contributed by atoms with van der Waals surface area (Å²) >= 11 is 0. The zero-order valence-corrected chi connectivity index (χ0v) is 14.1. The second-order valence-electron chi connectivity index (χ2n) is 5.83. The van der Waals surface area contributed by atoms with E-state index in [1.807, 2.05) is 12.1 Å². The van der Waals surface area contributed by atoms with Gasteiger partial charge in [0.15, 0.2) is 0 Å². The Bertz CT molecular complexity index is 791. The number of nitrogens with one attached hydrogen (secondary N) is 2. The van der Waals surface area contributed by atoms with Crippen LogP contribution < -0.4 is 20.5 Å². The number of rotatable bonds is 6. The van der Waals surface area contributed by atoms with Gasteiger partial charge in [-0.1, -0.05) is 0 Å². The van der Waals surface area contributed by atoms with Crippen molar-refractivity contribution in [1.82, 2.24) is 10.3 Å². The van der Waals surface area contributed by atoms with Crippen molar-refractivity contribution in [2.45, 2.75) is 18.9 Å². The van der Waals surface area contributed by atoms with Gasteiger partial charge in [-0.2, -0.15) is 0 Å². The predicted octanol–water partition coefficient (Wildman–Crippen LogP) is 2.48. The molecule has 7 nitrogen and oxygen atoms in total. The van der Waals surface area contributed by atoms with Gasteiger partial charge in [-0.3, -0.25) is 4.79 Å². The van der Waals surface area contributed by atoms with Crippen LogP contribution in [-0.2, 0) is 4.79 Å². The van der Waals surface area contributed by atoms with Gasteiger partial charge in [-0.05, 0) is 48.4 Å². The zero-order valence-electron chi connectivity index (χ0n) is 14.1. The summed E-state index contributed by atoms with van der Waals surface area (Å²) in [6.45, 7) is 0.501. The molecule has 1 aromatic heterocycles. The molecule has 1 aliphatic rings. The zero-order chi connectivity index (χ0) is 18.4. The van der Waals surface area contributed by atoms with Crippen LogP contribution in [0, 0.1) is 5.41 Å². The van der Waals surface area contributed by atoms with Crippen molar-refractivity contribution >= 4 is 17.8 Å². The van der Waals surface area contributed by atoms with Crippen molar-refractivity contribution in [3.63, 3.8) is 0 Å². The average molecular weight is 352 g/mol. The van der Waals surface area contributed by atoms with Crippen molar-refractivity contribution in [2.75, 3.05) is 6.54 Å². The van der Waals surface area contributed by atoms with E-state index in [2.05, 4.69) is 10.3 Å². The number of nitrogens with zero attached hydrogens (tertiary/aromatic N) is 1. The summed E-state index contributed by atoms with van der Waals surface area (Å²) < 4.78 is 11.5. The van der Waals surface area contributed by atoms with Crippen LogP contribution in [0.25, 0.3) is 5.70 Å². The van der Waals surface area contributed by atoms with Crippen molar-refractivity contribution in [2.24, 2.45) is 5.73 Å². The third kappa shape index (κ3) is 4.60. The Hall–Kier alpha value is -3.35. The monoisotopic (exact) mass is 352 g/mol. The fourth-order valence-corrected chi connectivity index (χ4v) is 2.52. The highest BCUT2D eigenvalue weighted by atomic mass is 16.5. The van der Waals surface area contributed by atoms with E-state index < -0.39 is 0 Å². The highest BCUT2D eigenvalue weighted by Crippen LogP contribution is 2.24. The minimum Gasteiger partial charge on any atom is -0.472 e. The van der Waals surface area contributed by atoms with E-state index in [1.165, 1.54) is 6.08 Å². The fraction of sp³-hybridized carbons (Fsp3) is 0.211. The van der Waals surface area contributed by atoms with Gasteiger partial charge < -0.3 is 25.9 Å². The number of aromatic nitrogens is 1. The summed E-state index contributed by atoms with van der Waals surface area (Å²) in [6.07, 6.45) is 5.37. The Morgan fingerprint density at radius 2 is 2.00 bits per heavy atom. The first kappa shape index (κ1) is 17.5. The number of hydrogen-bond acceptors (Lipinski definition) is 6. The van der Waals surface area contributed by atoms with E-state index in [1.54, 1.807) is 30.5 Å². The standard InChI is InChI=1S/C19H20N4O3/c20-10-9-17(21)13-1-3-14(4-2-13)25-15-6-8-19(23-12-15)26-16-5-7-18(24)22-11-16/h1-4,6,8-10,12,16,20H,5,7,11,21H2,(H,22,24)/b17-9-,20-10?. The van der Waals surface area contributed by atoms with E-state index in [4.69, 9.17) is 20.6 Å². The molecule has 4 N–H and O–H groups in total. The lowest BCUT2D eigenvalue weighted by Crippen LogP contribution is -2.40. The maximum atomic E-state index is 11.2. The molecule has 134 valence electrons. The van der Waals surface area contributed by atoms with Crippen LogP contribution in [0.15, 0.2) is 48.7 Å². The highest BCUT2D eigenvalue weighted by Gasteiger charge is 2.19. The molecule has 7 heteroatoms. The molecule has 1 saturated heterocycles. The number of benzene rings is 1. The molecule has 3 rings (SSSR count). The van der Waals surface area contributed by atoms with Crippen LogP contribution >= 0.6 is 0 Å². The van der Waals surface area contributed by atoms with Crippen LogP contribution in [0.5, 0.6) is 17.4 Å². The Kier molecular flexibility index (Phi) is 5.48. The van der Waals surface area contributed by atoms with E-state index in [0.29, 0.717) is 42.5 Å². The van der Waals surface area contributed by atoms with Crippen molar-refractivity contribution in [3.05, 3.63) is 54.2 Å². The molecule has 1 fully saturated rings.